The number of sulfone groups is 1. The van der Waals surface area contributed by atoms with Crippen LogP contribution in [0.15, 0.2) is 47.5 Å². The Kier molecular flexibility index (Phi) is 8.18. The Morgan fingerprint density at radius 2 is 1.90 bits per heavy atom. The molecular weight excluding hydrogens is 541 g/mol. The zero-order chi connectivity index (χ0) is 28.3. The van der Waals surface area contributed by atoms with Gasteiger partial charge in [-0.2, -0.15) is 5.10 Å². The van der Waals surface area contributed by atoms with Gasteiger partial charge in [-0.1, -0.05) is 24.3 Å². The predicted octanol–water partition coefficient (Wildman–Crippen LogP) is 2.50. The van der Waals surface area contributed by atoms with Crippen molar-refractivity contribution in [1.82, 2.24) is 20.5 Å². The summed E-state index contributed by atoms with van der Waals surface area (Å²) in [6.45, 7) is -0.420. The lowest BCUT2D eigenvalue weighted by Crippen LogP contribution is -2.28. The number of fused-ring (bicyclic) bond motifs is 1. The Morgan fingerprint density at radius 3 is 2.62 bits per heavy atom. The van der Waals surface area contributed by atoms with Gasteiger partial charge in [0.2, 0.25) is 5.88 Å². The minimum Gasteiger partial charge on any atom is -0.480 e. The molecule has 39 heavy (non-hydrogen) atoms. The van der Waals surface area contributed by atoms with Gasteiger partial charge in [-0.3, -0.25) is 9.89 Å². The molecule has 206 valence electrons. The molecule has 2 aromatic heterocycles. The molecule has 4 N–H and O–H groups in total. The highest BCUT2D eigenvalue weighted by Crippen LogP contribution is 2.33. The number of carbonyl (C=O) groups is 1. The summed E-state index contributed by atoms with van der Waals surface area (Å²) in [5.74, 6) is -4.75. The average molecular weight is 565 g/mol. The van der Waals surface area contributed by atoms with Crippen LogP contribution in [0.4, 0.5) is 13.2 Å². The average Bonchev–Trinajstić information content (AvgIpc) is 3.35. The molecule has 2 heterocycles. The molecule has 4 rings (SSSR count). The van der Waals surface area contributed by atoms with Gasteiger partial charge in [-0.15, -0.1) is 0 Å². The third kappa shape index (κ3) is 5.72. The van der Waals surface area contributed by atoms with Crippen LogP contribution in [0.25, 0.3) is 22.0 Å². The van der Waals surface area contributed by atoms with Crippen LogP contribution in [0.1, 0.15) is 22.5 Å². The Morgan fingerprint density at radius 1 is 1.15 bits per heavy atom. The highest BCUT2D eigenvalue weighted by atomic mass is 32.2. The molecule has 0 saturated carbocycles. The van der Waals surface area contributed by atoms with Gasteiger partial charge in [0.15, 0.2) is 15.7 Å². The van der Waals surface area contributed by atoms with Crippen LogP contribution in [-0.2, 0) is 15.6 Å². The van der Waals surface area contributed by atoms with E-state index in [9.17, 15) is 22.7 Å². The highest BCUT2D eigenvalue weighted by Gasteiger charge is 2.26. The first kappa shape index (κ1) is 28.0. The number of methoxy groups -OCH3 is 1. The molecule has 0 aliphatic rings. The summed E-state index contributed by atoms with van der Waals surface area (Å²) in [5.41, 5.74) is -1.09. The Hall–Kier alpha value is -4.01. The second-order valence-corrected chi connectivity index (χ2v) is 10.5. The maximum absolute atomic E-state index is 15.5. The number of aliphatic hydroxyl groups excluding tert-OH is 2. The maximum atomic E-state index is 15.5. The molecule has 0 saturated heterocycles. The van der Waals surface area contributed by atoms with Crippen molar-refractivity contribution in [3.8, 4) is 17.0 Å². The second-order valence-electron chi connectivity index (χ2n) is 8.50. The van der Waals surface area contributed by atoms with Crippen LogP contribution in [0.5, 0.6) is 5.88 Å². The van der Waals surface area contributed by atoms with Gasteiger partial charge in [-0.05, 0) is 18.6 Å². The van der Waals surface area contributed by atoms with Gasteiger partial charge in [0, 0.05) is 28.6 Å². The fourth-order valence-electron chi connectivity index (χ4n) is 3.93. The lowest BCUT2D eigenvalue weighted by molar-refractivity contribution is 0.0832. The van der Waals surface area contributed by atoms with E-state index in [0.29, 0.717) is 0 Å². The molecule has 0 aliphatic heterocycles. The number of ether oxygens (including phenoxy) is 1. The molecule has 0 spiro atoms. The molecule has 1 atom stereocenters. The summed E-state index contributed by atoms with van der Waals surface area (Å²) in [7, 11) is -3.16. The number of halogens is 3. The van der Waals surface area contributed by atoms with E-state index in [2.05, 4.69) is 20.5 Å². The van der Waals surface area contributed by atoms with Gasteiger partial charge in [0.05, 0.1) is 31.8 Å². The van der Waals surface area contributed by atoms with E-state index in [4.69, 9.17) is 9.84 Å². The maximum Gasteiger partial charge on any atom is 0.269 e. The van der Waals surface area contributed by atoms with Crippen molar-refractivity contribution < 1.29 is 41.3 Å². The molecule has 10 nitrogen and oxygen atoms in total. The van der Waals surface area contributed by atoms with Crippen molar-refractivity contribution in [2.45, 2.75) is 23.2 Å². The number of nitrogens with one attached hydrogen (secondary N) is 2. The van der Waals surface area contributed by atoms with Crippen LogP contribution in [-0.4, -0.2) is 66.1 Å². The zero-order valence-electron chi connectivity index (χ0n) is 20.4. The number of rotatable bonds is 10. The van der Waals surface area contributed by atoms with E-state index in [1.54, 1.807) is 0 Å². The minimum atomic E-state index is -4.32. The van der Waals surface area contributed by atoms with Crippen LogP contribution >= 0.6 is 0 Å². The van der Waals surface area contributed by atoms with Crippen LogP contribution < -0.4 is 10.1 Å². The summed E-state index contributed by atoms with van der Waals surface area (Å²) < 4.78 is 75.5. The predicted molar refractivity (Wildman–Crippen MR) is 133 cm³/mol. The molecule has 0 bridgehead atoms. The molecule has 0 unspecified atom stereocenters. The first-order valence-electron chi connectivity index (χ1n) is 11.5. The standard InChI is InChI=1S/C25H23F3N4O6S/c1-38-25-19(9-14(26)10-30-25)39(36,37)12-13-3-2-4-16(20(13)27)17-5-6-18-22(21(17)28)31-32-23(18)24(35)29-8-7-15(34)11-33/h2-6,9-10,15,33-34H,7-8,11-12H2,1H3,(H,29,35)(H,31,32)/t15-/m1/s1. The molecule has 4 aromatic rings. The SMILES string of the molecule is COc1ncc(F)cc1S(=O)(=O)Cc1cccc(-c2ccc3c(C(=O)NCC[C@@H](O)CO)[nH]nc3c2F)c1F. The van der Waals surface area contributed by atoms with Gasteiger partial charge in [0.25, 0.3) is 5.91 Å². The van der Waals surface area contributed by atoms with Gasteiger partial charge < -0.3 is 20.3 Å². The first-order valence-corrected chi connectivity index (χ1v) is 13.2. The monoisotopic (exact) mass is 564 g/mol. The lowest BCUT2D eigenvalue weighted by Gasteiger charge is -2.12. The van der Waals surface area contributed by atoms with E-state index in [-0.39, 0.29) is 52.1 Å². The third-order valence-corrected chi connectivity index (χ3v) is 7.55. The smallest absolute Gasteiger partial charge is 0.269 e. The number of hydrogen-bond donors (Lipinski definition) is 4. The van der Waals surface area contributed by atoms with Gasteiger partial charge in [0.1, 0.15) is 27.7 Å². The van der Waals surface area contributed by atoms with E-state index in [1.165, 1.54) is 30.3 Å². The number of aromatic amines is 1. The fraction of sp³-hybridized carbons (Fsp3) is 0.240. The summed E-state index contributed by atoms with van der Waals surface area (Å²) >= 11 is 0. The topological polar surface area (TPSA) is 154 Å². The number of pyridine rings is 1. The van der Waals surface area contributed by atoms with Crippen molar-refractivity contribution in [2.24, 2.45) is 0 Å². The van der Waals surface area contributed by atoms with Gasteiger partial charge >= 0.3 is 0 Å². The molecule has 1 amide bonds. The molecule has 14 heteroatoms. The quantitative estimate of drug-likeness (QED) is 0.229. The zero-order valence-corrected chi connectivity index (χ0v) is 21.2. The summed E-state index contributed by atoms with van der Waals surface area (Å²) in [6, 6.07) is 7.12. The fourth-order valence-corrected chi connectivity index (χ4v) is 5.41. The second kappa shape index (κ2) is 11.4. The van der Waals surface area contributed by atoms with Crippen LogP contribution in [0, 0.1) is 17.5 Å². The Balaban J connectivity index is 1.65. The van der Waals surface area contributed by atoms with Crippen LogP contribution in [0.3, 0.4) is 0 Å². The van der Waals surface area contributed by atoms with E-state index in [0.717, 1.165) is 19.4 Å². The van der Waals surface area contributed by atoms with Crippen molar-refractivity contribution in [2.75, 3.05) is 20.3 Å². The van der Waals surface area contributed by atoms with Gasteiger partial charge in [-0.25, -0.2) is 26.6 Å². The molecule has 2 aromatic carbocycles. The number of amides is 1. The minimum absolute atomic E-state index is 0.0418. The number of aliphatic hydroxyl groups is 2. The van der Waals surface area contributed by atoms with Crippen molar-refractivity contribution in [1.29, 1.82) is 0 Å². The van der Waals surface area contributed by atoms with E-state index >= 15 is 8.78 Å². The van der Waals surface area contributed by atoms with E-state index in [1.807, 2.05) is 0 Å². The highest BCUT2D eigenvalue weighted by molar-refractivity contribution is 7.90. The summed E-state index contributed by atoms with van der Waals surface area (Å²) in [5, 5.41) is 27.1. The first-order chi connectivity index (χ1) is 18.6. The number of hydrogen-bond acceptors (Lipinski definition) is 8. The Labute approximate surface area is 220 Å². The summed E-state index contributed by atoms with van der Waals surface area (Å²) in [6.07, 6.45) is -0.123. The number of aromatic nitrogens is 3. The number of benzene rings is 2. The van der Waals surface area contributed by atoms with Crippen LogP contribution in [0.2, 0.25) is 0 Å². The molecule has 0 radical (unpaired) electrons. The Bertz CT molecular complexity index is 1640. The third-order valence-electron chi connectivity index (χ3n) is 5.89. The number of carbonyl (C=O) groups excluding carboxylic acids is 1. The molecule has 0 aliphatic carbocycles. The molecular formula is C25H23F3N4O6S. The number of H-pyrrole nitrogens is 1. The number of nitrogens with zero attached hydrogens (tertiary/aromatic N) is 2. The van der Waals surface area contributed by atoms with E-state index < -0.39 is 56.6 Å². The largest absolute Gasteiger partial charge is 0.480 e. The summed E-state index contributed by atoms with van der Waals surface area (Å²) in [4.78, 5) is 15.5. The lowest BCUT2D eigenvalue weighted by atomic mass is 10.00. The normalized spacial score (nSPS) is 12.5. The van der Waals surface area contributed by atoms with Crippen molar-refractivity contribution in [3.05, 3.63) is 71.3 Å². The van der Waals surface area contributed by atoms with Crippen molar-refractivity contribution in [3.63, 3.8) is 0 Å². The molecule has 0 fully saturated rings. The van der Waals surface area contributed by atoms with Crippen molar-refractivity contribution >= 4 is 26.6 Å².